The molecule has 0 unspecified atom stereocenters. The van der Waals surface area contributed by atoms with Crippen LogP contribution in [-0.2, 0) is 9.59 Å². The number of amides is 1. The lowest BCUT2D eigenvalue weighted by Crippen LogP contribution is -2.33. The van der Waals surface area contributed by atoms with Crippen LogP contribution < -0.4 is 4.90 Å². The van der Waals surface area contributed by atoms with Gasteiger partial charge >= 0.3 is 5.97 Å². The van der Waals surface area contributed by atoms with E-state index in [1.165, 1.54) is 40.1 Å². The van der Waals surface area contributed by atoms with Crippen LogP contribution >= 0.6 is 24.0 Å². The van der Waals surface area contributed by atoms with Gasteiger partial charge in [-0.1, -0.05) is 109 Å². The third kappa shape index (κ3) is 5.38. The lowest BCUT2D eigenvalue weighted by atomic mass is 9.95. The molecule has 44 heavy (non-hydrogen) atoms. The van der Waals surface area contributed by atoms with Gasteiger partial charge in [0.1, 0.15) is 10.9 Å². The average Bonchev–Trinajstić information content (AvgIpc) is 3.71. The Bertz CT molecular complexity index is 1780. The van der Waals surface area contributed by atoms with Gasteiger partial charge in [-0.2, -0.15) is 0 Å². The molecule has 0 aromatic heterocycles. The van der Waals surface area contributed by atoms with Crippen LogP contribution in [0.5, 0.6) is 0 Å². The van der Waals surface area contributed by atoms with Gasteiger partial charge in [0.15, 0.2) is 0 Å². The first-order chi connectivity index (χ1) is 21.5. The average molecular weight is 615 g/mol. The predicted octanol–water partition coefficient (Wildman–Crippen LogP) is 8.35. The minimum absolute atomic E-state index is 0.282. The second kappa shape index (κ2) is 11.9. The van der Waals surface area contributed by atoms with Crippen molar-refractivity contribution in [3.63, 3.8) is 0 Å². The van der Waals surface area contributed by atoms with Crippen molar-refractivity contribution >= 4 is 69.3 Å². The molecule has 2 fully saturated rings. The van der Waals surface area contributed by atoms with Gasteiger partial charge < -0.3 is 10.0 Å². The number of carbonyl (C=O) groups is 2. The second-order valence-electron chi connectivity index (χ2n) is 11.3. The molecule has 1 aliphatic carbocycles. The zero-order valence-corrected chi connectivity index (χ0v) is 25.6. The number of thiocarbonyl (C=S) groups is 1. The molecule has 1 saturated carbocycles. The number of hydrogen-bond donors (Lipinski definition) is 1. The highest BCUT2D eigenvalue weighted by molar-refractivity contribution is 8.26. The van der Waals surface area contributed by atoms with Gasteiger partial charge in [-0.15, -0.1) is 0 Å². The molecule has 4 aromatic carbocycles. The largest absolute Gasteiger partial charge is 0.480 e. The van der Waals surface area contributed by atoms with Crippen molar-refractivity contribution in [1.29, 1.82) is 0 Å². The van der Waals surface area contributed by atoms with E-state index in [0.717, 1.165) is 40.6 Å². The Kier molecular flexibility index (Phi) is 7.66. The number of carbonyl (C=O) groups excluding carboxylic acids is 1. The molecule has 2 aliphatic heterocycles. The van der Waals surface area contributed by atoms with Crippen molar-refractivity contribution in [2.75, 3.05) is 11.4 Å². The minimum atomic E-state index is -1.08. The molecule has 1 saturated heterocycles. The number of thioether (sulfide) groups is 1. The SMILES string of the molecule is O=C(O)CN1C(=O)/C(=C/c2ccc3c(c2)[C@@H]2CCC[C@@H]2N3c2ccc(C=C(c3ccccc3)c3ccccc3)cc2)SC1=S. The molecule has 7 heteroatoms. The first kappa shape index (κ1) is 28.3. The number of hydrogen-bond acceptors (Lipinski definition) is 5. The van der Waals surface area contributed by atoms with E-state index in [1.54, 1.807) is 0 Å². The summed E-state index contributed by atoms with van der Waals surface area (Å²) in [6, 6.07) is 36.7. The quantitative estimate of drug-likeness (QED) is 0.128. The van der Waals surface area contributed by atoms with Crippen LogP contribution in [0.4, 0.5) is 11.4 Å². The molecule has 2 atom stereocenters. The Morgan fingerprint density at radius 3 is 2.20 bits per heavy atom. The van der Waals surface area contributed by atoms with Crippen molar-refractivity contribution < 1.29 is 14.7 Å². The van der Waals surface area contributed by atoms with Crippen molar-refractivity contribution in [2.24, 2.45) is 0 Å². The van der Waals surface area contributed by atoms with Gasteiger partial charge in [-0.25, -0.2) is 0 Å². The van der Waals surface area contributed by atoms with Crippen LogP contribution in [-0.4, -0.2) is 38.8 Å². The molecule has 0 bridgehead atoms. The van der Waals surface area contributed by atoms with Crippen LogP contribution in [0.25, 0.3) is 17.7 Å². The van der Waals surface area contributed by atoms with Gasteiger partial charge in [0, 0.05) is 23.3 Å². The van der Waals surface area contributed by atoms with Crippen molar-refractivity contribution in [3.8, 4) is 0 Å². The summed E-state index contributed by atoms with van der Waals surface area (Å²) in [7, 11) is 0. The number of fused-ring (bicyclic) bond motifs is 3. The molecule has 0 radical (unpaired) electrons. The molecule has 5 nitrogen and oxygen atoms in total. The van der Waals surface area contributed by atoms with E-state index in [-0.39, 0.29) is 10.2 Å². The smallest absolute Gasteiger partial charge is 0.323 e. The molecule has 0 spiro atoms. The molecule has 4 aromatic rings. The number of carboxylic acids is 1. The third-order valence-corrected chi connectivity index (χ3v) is 10.0. The third-order valence-electron chi connectivity index (χ3n) is 8.64. The number of anilines is 2. The monoisotopic (exact) mass is 614 g/mol. The van der Waals surface area contributed by atoms with Crippen LogP contribution in [0.3, 0.4) is 0 Å². The molecule has 7 rings (SSSR count). The normalized spacial score (nSPS) is 19.8. The highest BCUT2D eigenvalue weighted by Crippen LogP contribution is 2.52. The van der Waals surface area contributed by atoms with Crippen molar-refractivity contribution in [2.45, 2.75) is 31.2 Å². The van der Waals surface area contributed by atoms with Gasteiger partial charge in [-0.3, -0.25) is 14.5 Å². The summed E-state index contributed by atoms with van der Waals surface area (Å²) < 4.78 is 0.282. The molecule has 1 amide bonds. The van der Waals surface area contributed by atoms with Gasteiger partial charge in [0.25, 0.3) is 5.91 Å². The lowest BCUT2D eigenvalue weighted by Gasteiger charge is -2.27. The van der Waals surface area contributed by atoms with E-state index in [0.29, 0.717) is 16.9 Å². The topological polar surface area (TPSA) is 60.9 Å². The fourth-order valence-corrected chi connectivity index (χ4v) is 7.95. The molecular weight excluding hydrogens is 585 g/mol. The first-order valence-corrected chi connectivity index (χ1v) is 16.0. The second-order valence-corrected chi connectivity index (χ2v) is 13.0. The molecule has 1 N–H and O–H groups in total. The maximum atomic E-state index is 12.8. The number of benzene rings is 4. The molecule has 2 heterocycles. The number of carboxylic acid groups (broad SMARTS) is 1. The summed E-state index contributed by atoms with van der Waals surface area (Å²) in [5.41, 5.74) is 9.34. The summed E-state index contributed by atoms with van der Waals surface area (Å²) in [5, 5.41) is 9.16. The highest BCUT2D eigenvalue weighted by atomic mass is 32.2. The Labute approximate surface area is 266 Å². The zero-order chi connectivity index (χ0) is 30.2. The summed E-state index contributed by atoms with van der Waals surface area (Å²) in [6.07, 6.45) is 7.55. The van der Waals surface area contributed by atoms with Crippen LogP contribution in [0.15, 0.2) is 108 Å². The highest BCUT2D eigenvalue weighted by Gasteiger charge is 2.42. The molecule has 218 valence electrons. The van der Waals surface area contributed by atoms with E-state index in [2.05, 4.69) is 95.9 Å². The van der Waals surface area contributed by atoms with E-state index in [1.807, 2.05) is 24.3 Å². The van der Waals surface area contributed by atoms with Crippen LogP contribution in [0.1, 0.15) is 53.0 Å². The molecule has 3 aliphatic rings. The Hall–Kier alpha value is -4.46. The van der Waals surface area contributed by atoms with Gasteiger partial charge in [0.05, 0.1) is 4.91 Å². The van der Waals surface area contributed by atoms with Crippen LogP contribution in [0.2, 0.25) is 0 Å². The van der Waals surface area contributed by atoms with Gasteiger partial charge in [0.2, 0.25) is 0 Å². The summed E-state index contributed by atoms with van der Waals surface area (Å²) in [5.74, 6) is -0.994. The Morgan fingerprint density at radius 1 is 0.886 bits per heavy atom. The van der Waals surface area contributed by atoms with E-state index >= 15 is 0 Å². The van der Waals surface area contributed by atoms with Crippen molar-refractivity contribution in [1.82, 2.24) is 4.90 Å². The summed E-state index contributed by atoms with van der Waals surface area (Å²) >= 11 is 6.44. The standard InChI is InChI=1S/C37H30N2O3S2/c40-35(41)23-38-36(42)34(44-37(38)43)22-25-16-19-33-31(21-25)29-12-7-13-32(29)39(33)28-17-14-24(15-18-28)20-30(26-8-3-1-4-9-26)27-10-5-2-6-11-27/h1-6,8-11,14-22,29,32H,7,12-13,23H2,(H,40,41)/b34-22-/t29-,32-/m0/s1. The fourth-order valence-electron chi connectivity index (χ4n) is 6.69. The Balaban J connectivity index is 1.19. The predicted molar refractivity (Wildman–Crippen MR) is 183 cm³/mol. The van der Waals surface area contributed by atoms with E-state index in [9.17, 15) is 9.59 Å². The number of aliphatic carboxylic acids is 1. The summed E-state index contributed by atoms with van der Waals surface area (Å²) in [6.45, 7) is -0.417. The van der Waals surface area contributed by atoms with E-state index < -0.39 is 12.5 Å². The maximum Gasteiger partial charge on any atom is 0.323 e. The van der Waals surface area contributed by atoms with E-state index in [4.69, 9.17) is 17.3 Å². The molecular formula is C37H30N2O3S2. The Morgan fingerprint density at radius 2 is 1.55 bits per heavy atom. The van der Waals surface area contributed by atoms with Crippen molar-refractivity contribution in [3.05, 3.63) is 136 Å². The number of nitrogens with zero attached hydrogens (tertiary/aromatic N) is 2. The summed E-state index contributed by atoms with van der Waals surface area (Å²) in [4.78, 5) is 28.1. The maximum absolute atomic E-state index is 12.8. The van der Waals surface area contributed by atoms with Crippen LogP contribution in [0, 0.1) is 0 Å². The minimum Gasteiger partial charge on any atom is -0.480 e. The fraction of sp³-hybridized carbons (Fsp3) is 0.162. The first-order valence-electron chi connectivity index (χ1n) is 14.8. The van der Waals surface area contributed by atoms with Gasteiger partial charge in [-0.05, 0) is 82.6 Å². The zero-order valence-electron chi connectivity index (χ0n) is 23.9. The number of rotatable bonds is 7. The lowest BCUT2D eigenvalue weighted by molar-refractivity contribution is -0.140.